The zero-order chi connectivity index (χ0) is 12.7. The molecule has 0 bridgehead atoms. The van der Waals surface area contributed by atoms with Crippen molar-refractivity contribution < 1.29 is 4.74 Å². The van der Waals surface area contributed by atoms with Gasteiger partial charge in [0.25, 0.3) is 0 Å². The molecule has 0 amide bonds. The summed E-state index contributed by atoms with van der Waals surface area (Å²) >= 11 is 0. The Morgan fingerprint density at radius 1 is 1.47 bits per heavy atom. The summed E-state index contributed by atoms with van der Waals surface area (Å²) in [6.45, 7) is 1.83. The highest BCUT2D eigenvalue weighted by atomic mass is 16.5. The molecule has 17 heavy (non-hydrogen) atoms. The largest absolute Gasteiger partial charge is 0.497 e. The molecule has 0 aromatic heterocycles. The van der Waals surface area contributed by atoms with Crippen molar-refractivity contribution in [2.45, 2.75) is 19.4 Å². The van der Waals surface area contributed by atoms with Crippen LogP contribution in [0.15, 0.2) is 24.3 Å². The van der Waals surface area contributed by atoms with Gasteiger partial charge in [-0.3, -0.25) is 5.41 Å². The Bertz CT molecular complexity index is 365. The van der Waals surface area contributed by atoms with E-state index < -0.39 is 0 Å². The summed E-state index contributed by atoms with van der Waals surface area (Å²) in [6.07, 6.45) is 1.60. The predicted molar refractivity (Wildman–Crippen MR) is 70.5 cm³/mol. The van der Waals surface area contributed by atoms with Gasteiger partial charge in [-0.2, -0.15) is 0 Å². The van der Waals surface area contributed by atoms with Crippen LogP contribution in [0.5, 0.6) is 5.75 Å². The molecule has 0 fully saturated rings. The van der Waals surface area contributed by atoms with Gasteiger partial charge in [0.1, 0.15) is 5.75 Å². The molecule has 3 N–H and O–H groups in total. The van der Waals surface area contributed by atoms with E-state index in [2.05, 4.69) is 18.0 Å². The number of hydrogen-bond donors (Lipinski definition) is 2. The van der Waals surface area contributed by atoms with Gasteiger partial charge in [-0.05, 0) is 37.7 Å². The van der Waals surface area contributed by atoms with Gasteiger partial charge in [-0.25, -0.2) is 0 Å². The summed E-state index contributed by atoms with van der Waals surface area (Å²) in [4.78, 5) is 2.22. The summed E-state index contributed by atoms with van der Waals surface area (Å²) in [5.74, 6) is 1.15. The number of nitrogens with one attached hydrogen (secondary N) is 1. The van der Waals surface area contributed by atoms with Crippen molar-refractivity contribution >= 4 is 5.84 Å². The van der Waals surface area contributed by atoms with Crippen molar-refractivity contribution in [3.8, 4) is 5.75 Å². The average molecular weight is 235 g/mol. The number of nitrogens with zero attached hydrogens (tertiary/aromatic N) is 1. The fraction of sp³-hybridized carbons (Fsp3) is 0.462. The minimum Gasteiger partial charge on any atom is -0.497 e. The van der Waals surface area contributed by atoms with Crippen LogP contribution in [0.25, 0.3) is 0 Å². The summed E-state index contributed by atoms with van der Waals surface area (Å²) in [6, 6.07) is 8.07. The number of amidine groups is 1. The lowest BCUT2D eigenvalue weighted by Gasteiger charge is -2.16. The fourth-order valence-corrected chi connectivity index (χ4v) is 1.70. The Morgan fingerprint density at radius 3 is 2.88 bits per heavy atom. The third kappa shape index (κ3) is 5.36. The summed E-state index contributed by atoms with van der Waals surface area (Å²) in [7, 11) is 3.75. The molecule has 0 unspecified atom stereocenters. The van der Waals surface area contributed by atoms with Crippen LogP contribution in [0.2, 0.25) is 0 Å². The van der Waals surface area contributed by atoms with Crippen LogP contribution in [-0.4, -0.2) is 31.4 Å². The first-order valence-electron chi connectivity index (χ1n) is 5.76. The SMILES string of the molecule is COc1cccc(CN(C)CCCC(=N)N)c1. The first-order valence-corrected chi connectivity index (χ1v) is 5.76. The van der Waals surface area contributed by atoms with E-state index in [0.717, 1.165) is 25.3 Å². The first kappa shape index (κ1) is 13.5. The lowest BCUT2D eigenvalue weighted by Crippen LogP contribution is -2.21. The maximum absolute atomic E-state index is 7.16. The van der Waals surface area contributed by atoms with Gasteiger partial charge in [0.2, 0.25) is 0 Å². The minimum absolute atomic E-state index is 0.264. The Hall–Kier alpha value is -1.55. The van der Waals surface area contributed by atoms with Crippen molar-refractivity contribution in [1.82, 2.24) is 4.90 Å². The molecule has 94 valence electrons. The van der Waals surface area contributed by atoms with Crippen LogP contribution >= 0.6 is 0 Å². The van der Waals surface area contributed by atoms with E-state index in [-0.39, 0.29) is 5.84 Å². The second-order valence-electron chi connectivity index (χ2n) is 4.22. The molecule has 0 saturated carbocycles. The van der Waals surface area contributed by atoms with E-state index >= 15 is 0 Å². The van der Waals surface area contributed by atoms with Gasteiger partial charge in [-0.15, -0.1) is 0 Å². The molecule has 0 radical (unpaired) electrons. The van der Waals surface area contributed by atoms with Gasteiger partial charge >= 0.3 is 0 Å². The predicted octanol–water partition coefficient (Wildman–Crippen LogP) is 1.84. The maximum atomic E-state index is 7.16. The normalized spacial score (nSPS) is 10.5. The highest BCUT2D eigenvalue weighted by molar-refractivity contribution is 5.76. The molecular weight excluding hydrogens is 214 g/mol. The van der Waals surface area contributed by atoms with E-state index in [4.69, 9.17) is 15.9 Å². The van der Waals surface area contributed by atoms with Gasteiger partial charge in [0, 0.05) is 13.0 Å². The van der Waals surface area contributed by atoms with Crippen LogP contribution in [0.1, 0.15) is 18.4 Å². The third-order valence-corrected chi connectivity index (χ3v) is 2.57. The zero-order valence-corrected chi connectivity index (χ0v) is 10.6. The van der Waals surface area contributed by atoms with E-state index in [1.807, 2.05) is 18.2 Å². The molecule has 4 nitrogen and oxygen atoms in total. The van der Waals surface area contributed by atoms with Crippen LogP contribution in [-0.2, 0) is 6.54 Å². The summed E-state index contributed by atoms with van der Waals surface area (Å²) < 4.78 is 5.19. The Balaban J connectivity index is 2.38. The molecule has 1 aromatic rings. The smallest absolute Gasteiger partial charge is 0.119 e. The van der Waals surface area contributed by atoms with E-state index in [9.17, 15) is 0 Å². The molecule has 0 spiro atoms. The van der Waals surface area contributed by atoms with Crippen LogP contribution in [0, 0.1) is 5.41 Å². The number of nitrogens with two attached hydrogens (primary N) is 1. The molecule has 1 rings (SSSR count). The standard InChI is InChI=1S/C13H21N3O/c1-16(8-4-7-13(14)15)10-11-5-3-6-12(9-11)17-2/h3,5-6,9H,4,7-8,10H2,1-2H3,(H3,14,15). The molecule has 4 heteroatoms. The fourth-order valence-electron chi connectivity index (χ4n) is 1.70. The number of ether oxygens (including phenoxy) is 1. The molecule has 0 atom stereocenters. The lowest BCUT2D eigenvalue weighted by molar-refractivity contribution is 0.323. The molecule has 0 aliphatic heterocycles. The number of benzene rings is 1. The average Bonchev–Trinajstić information content (AvgIpc) is 2.28. The van der Waals surface area contributed by atoms with Crippen LogP contribution in [0.3, 0.4) is 0 Å². The van der Waals surface area contributed by atoms with Gasteiger partial charge in [0.15, 0.2) is 0 Å². The molecular formula is C13H21N3O. The monoisotopic (exact) mass is 235 g/mol. The van der Waals surface area contributed by atoms with Crippen LogP contribution < -0.4 is 10.5 Å². The van der Waals surface area contributed by atoms with Crippen molar-refractivity contribution in [3.05, 3.63) is 29.8 Å². The quantitative estimate of drug-likeness (QED) is 0.560. The van der Waals surface area contributed by atoms with Gasteiger partial charge < -0.3 is 15.4 Å². The zero-order valence-electron chi connectivity index (χ0n) is 10.6. The Labute approximate surface area is 103 Å². The number of hydrogen-bond acceptors (Lipinski definition) is 3. The van der Waals surface area contributed by atoms with Gasteiger partial charge in [-0.1, -0.05) is 12.1 Å². The summed E-state index contributed by atoms with van der Waals surface area (Å²) in [5, 5.41) is 7.16. The third-order valence-electron chi connectivity index (χ3n) is 2.57. The molecule has 1 aromatic carbocycles. The van der Waals surface area contributed by atoms with Crippen molar-refractivity contribution in [2.24, 2.45) is 5.73 Å². The molecule has 0 aliphatic rings. The minimum atomic E-state index is 0.264. The molecule has 0 saturated heterocycles. The van der Waals surface area contributed by atoms with Crippen LogP contribution in [0.4, 0.5) is 0 Å². The number of methoxy groups -OCH3 is 1. The first-order chi connectivity index (χ1) is 8.11. The second kappa shape index (κ2) is 6.91. The van der Waals surface area contributed by atoms with E-state index in [1.165, 1.54) is 5.56 Å². The molecule has 0 aliphatic carbocycles. The summed E-state index contributed by atoms with van der Waals surface area (Å²) in [5.41, 5.74) is 6.55. The van der Waals surface area contributed by atoms with Crippen molar-refractivity contribution in [1.29, 1.82) is 5.41 Å². The molecule has 0 heterocycles. The Morgan fingerprint density at radius 2 is 2.24 bits per heavy atom. The van der Waals surface area contributed by atoms with Gasteiger partial charge in [0.05, 0.1) is 12.9 Å². The topological polar surface area (TPSA) is 62.3 Å². The highest BCUT2D eigenvalue weighted by Gasteiger charge is 2.02. The van der Waals surface area contributed by atoms with Crippen molar-refractivity contribution in [3.63, 3.8) is 0 Å². The van der Waals surface area contributed by atoms with E-state index in [1.54, 1.807) is 7.11 Å². The maximum Gasteiger partial charge on any atom is 0.119 e. The number of rotatable bonds is 7. The lowest BCUT2D eigenvalue weighted by atomic mass is 10.2. The van der Waals surface area contributed by atoms with E-state index in [0.29, 0.717) is 6.42 Å². The highest BCUT2D eigenvalue weighted by Crippen LogP contribution is 2.13. The van der Waals surface area contributed by atoms with Crippen molar-refractivity contribution in [2.75, 3.05) is 20.7 Å². The Kier molecular flexibility index (Phi) is 5.49. The second-order valence-corrected chi connectivity index (χ2v) is 4.22.